The van der Waals surface area contributed by atoms with E-state index in [4.69, 9.17) is 10.5 Å². The Morgan fingerprint density at radius 3 is 3.10 bits per heavy atom. The highest BCUT2D eigenvalue weighted by atomic mass is 16.5. The van der Waals surface area contributed by atoms with Crippen LogP contribution >= 0.6 is 0 Å². The van der Waals surface area contributed by atoms with E-state index in [0.717, 1.165) is 38.0 Å². The molecule has 1 saturated heterocycles. The number of rotatable bonds is 7. The molecule has 116 valence electrons. The van der Waals surface area contributed by atoms with Crippen LogP contribution in [0, 0.1) is 6.92 Å². The summed E-state index contributed by atoms with van der Waals surface area (Å²) in [5, 5.41) is 0. The molecule has 1 aromatic carbocycles. The van der Waals surface area contributed by atoms with Crippen LogP contribution < -0.4 is 10.5 Å². The minimum atomic E-state index is 0.210. The summed E-state index contributed by atoms with van der Waals surface area (Å²) >= 11 is 0. The standard InChI is InChI=1S/C17H26N2O2/c1-14-5-2-8-16(13-14)21-12-9-17(20)19-11-4-7-15(19)6-3-10-18/h2,5,8,13,15H,3-4,6-7,9-12,18H2,1H3. The van der Waals surface area contributed by atoms with Crippen molar-refractivity contribution in [3.05, 3.63) is 29.8 Å². The van der Waals surface area contributed by atoms with Crippen LogP contribution in [-0.2, 0) is 4.79 Å². The Morgan fingerprint density at radius 2 is 2.33 bits per heavy atom. The molecule has 2 rings (SSSR count). The van der Waals surface area contributed by atoms with Crippen molar-refractivity contribution >= 4 is 5.91 Å². The van der Waals surface area contributed by atoms with Gasteiger partial charge >= 0.3 is 0 Å². The Kier molecular flexibility index (Phi) is 6.05. The van der Waals surface area contributed by atoms with Gasteiger partial charge in [-0.15, -0.1) is 0 Å². The van der Waals surface area contributed by atoms with Gasteiger partial charge in [-0.25, -0.2) is 0 Å². The van der Waals surface area contributed by atoms with Crippen molar-refractivity contribution in [1.29, 1.82) is 0 Å². The van der Waals surface area contributed by atoms with Crippen LogP contribution in [0.25, 0.3) is 0 Å². The van der Waals surface area contributed by atoms with E-state index in [-0.39, 0.29) is 5.91 Å². The Morgan fingerprint density at radius 1 is 1.48 bits per heavy atom. The van der Waals surface area contributed by atoms with Crippen LogP contribution in [0.1, 0.15) is 37.7 Å². The zero-order valence-corrected chi connectivity index (χ0v) is 12.9. The number of amides is 1. The second-order valence-corrected chi connectivity index (χ2v) is 5.73. The van der Waals surface area contributed by atoms with E-state index in [1.54, 1.807) is 0 Å². The van der Waals surface area contributed by atoms with Crippen molar-refractivity contribution in [3.8, 4) is 5.75 Å². The first-order valence-electron chi connectivity index (χ1n) is 7.89. The number of nitrogens with two attached hydrogens (primary N) is 1. The fourth-order valence-electron chi connectivity index (χ4n) is 2.92. The van der Waals surface area contributed by atoms with Gasteiger partial charge in [0, 0.05) is 12.6 Å². The van der Waals surface area contributed by atoms with E-state index in [1.807, 2.05) is 36.1 Å². The first-order chi connectivity index (χ1) is 10.2. The molecule has 4 heteroatoms. The molecule has 1 amide bonds. The van der Waals surface area contributed by atoms with E-state index >= 15 is 0 Å². The molecule has 0 aromatic heterocycles. The van der Waals surface area contributed by atoms with Gasteiger partial charge in [0.25, 0.3) is 0 Å². The highest BCUT2D eigenvalue weighted by molar-refractivity contribution is 5.77. The van der Waals surface area contributed by atoms with E-state index in [2.05, 4.69) is 0 Å². The number of nitrogens with zero attached hydrogens (tertiary/aromatic N) is 1. The maximum Gasteiger partial charge on any atom is 0.226 e. The van der Waals surface area contributed by atoms with Gasteiger partial charge in [0.15, 0.2) is 0 Å². The Bertz CT molecular complexity index is 462. The van der Waals surface area contributed by atoms with Gasteiger partial charge in [0.05, 0.1) is 13.0 Å². The minimum Gasteiger partial charge on any atom is -0.493 e. The molecule has 21 heavy (non-hydrogen) atoms. The number of hydrogen-bond donors (Lipinski definition) is 1. The molecule has 1 atom stereocenters. The van der Waals surface area contributed by atoms with Crippen LogP contribution in [0.4, 0.5) is 0 Å². The van der Waals surface area contributed by atoms with Crippen LogP contribution in [0.15, 0.2) is 24.3 Å². The largest absolute Gasteiger partial charge is 0.493 e. The number of benzene rings is 1. The molecule has 4 nitrogen and oxygen atoms in total. The van der Waals surface area contributed by atoms with Gasteiger partial charge < -0.3 is 15.4 Å². The number of likely N-dealkylation sites (tertiary alicyclic amines) is 1. The second-order valence-electron chi connectivity index (χ2n) is 5.73. The Labute approximate surface area is 127 Å². The molecule has 1 aromatic rings. The van der Waals surface area contributed by atoms with Crippen molar-refractivity contribution in [3.63, 3.8) is 0 Å². The summed E-state index contributed by atoms with van der Waals surface area (Å²) < 4.78 is 5.67. The van der Waals surface area contributed by atoms with Crippen molar-refractivity contribution in [2.75, 3.05) is 19.7 Å². The van der Waals surface area contributed by atoms with E-state index in [0.29, 0.717) is 25.6 Å². The molecule has 0 aliphatic carbocycles. The fraction of sp³-hybridized carbons (Fsp3) is 0.588. The Hall–Kier alpha value is -1.55. The zero-order chi connectivity index (χ0) is 15.1. The van der Waals surface area contributed by atoms with Gasteiger partial charge in [-0.1, -0.05) is 12.1 Å². The molecule has 0 saturated carbocycles. The molecule has 1 fully saturated rings. The number of ether oxygens (including phenoxy) is 1. The lowest BCUT2D eigenvalue weighted by Gasteiger charge is -2.24. The molecule has 1 unspecified atom stereocenters. The number of carbonyl (C=O) groups is 1. The van der Waals surface area contributed by atoms with Gasteiger partial charge in [-0.05, 0) is 56.8 Å². The lowest BCUT2D eigenvalue weighted by molar-refractivity contribution is -0.132. The number of aryl methyl sites for hydroxylation is 1. The topological polar surface area (TPSA) is 55.6 Å². The SMILES string of the molecule is Cc1cccc(OCCC(=O)N2CCCC2CCCN)c1. The van der Waals surface area contributed by atoms with Crippen molar-refractivity contribution in [1.82, 2.24) is 4.90 Å². The first-order valence-corrected chi connectivity index (χ1v) is 7.89. The maximum absolute atomic E-state index is 12.3. The molecular weight excluding hydrogens is 264 g/mol. The van der Waals surface area contributed by atoms with Crippen LogP contribution in [0.3, 0.4) is 0 Å². The summed E-state index contributed by atoms with van der Waals surface area (Å²) in [4.78, 5) is 14.3. The lowest BCUT2D eigenvalue weighted by atomic mass is 10.1. The monoisotopic (exact) mass is 290 g/mol. The molecule has 1 heterocycles. The highest BCUT2D eigenvalue weighted by Crippen LogP contribution is 2.22. The van der Waals surface area contributed by atoms with E-state index in [9.17, 15) is 4.79 Å². The van der Waals surface area contributed by atoms with Crippen molar-refractivity contribution in [2.24, 2.45) is 5.73 Å². The lowest BCUT2D eigenvalue weighted by Crippen LogP contribution is -2.36. The average molecular weight is 290 g/mol. The average Bonchev–Trinajstić information content (AvgIpc) is 2.93. The van der Waals surface area contributed by atoms with E-state index in [1.165, 1.54) is 5.56 Å². The molecular formula is C17H26N2O2. The van der Waals surface area contributed by atoms with Crippen molar-refractivity contribution < 1.29 is 9.53 Å². The summed E-state index contributed by atoms with van der Waals surface area (Å²) in [6.07, 6.45) is 4.70. The maximum atomic E-state index is 12.3. The van der Waals surface area contributed by atoms with Gasteiger partial charge in [0.1, 0.15) is 5.75 Å². The third kappa shape index (κ3) is 4.74. The van der Waals surface area contributed by atoms with Crippen molar-refractivity contribution in [2.45, 2.75) is 45.1 Å². The predicted molar refractivity (Wildman–Crippen MR) is 84.3 cm³/mol. The quantitative estimate of drug-likeness (QED) is 0.839. The van der Waals surface area contributed by atoms with Crippen LogP contribution in [0.2, 0.25) is 0 Å². The smallest absolute Gasteiger partial charge is 0.226 e. The summed E-state index contributed by atoms with van der Waals surface area (Å²) in [7, 11) is 0. The van der Waals surface area contributed by atoms with Gasteiger partial charge in [-0.2, -0.15) is 0 Å². The fourth-order valence-corrected chi connectivity index (χ4v) is 2.92. The van der Waals surface area contributed by atoms with Crippen LogP contribution in [-0.4, -0.2) is 36.5 Å². The second kappa shape index (κ2) is 8.03. The molecule has 1 aliphatic heterocycles. The third-order valence-electron chi connectivity index (χ3n) is 4.01. The molecule has 0 radical (unpaired) electrons. The predicted octanol–water partition coefficient (Wildman–Crippen LogP) is 2.49. The number of hydrogen-bond acceptors (Lipinski definition) is 3. The highest BCUT2D eigenvalue weighted by Gasteiger charge is 2.27. The summed E-state index contributed by atoms with van der Waals surface area (Å²) in [5.41, 5.74) is 6.73. The minimum absolute atomic E-state index is 0.210. The summed E-state index contributed by atoms with van der Waals surface area (Å²) in [5.74, 6) is 1.05. The van der Waals surface area contributed by atoms with E-state index < -0.39 is 0 Å². The molecule has 2 N–H and O–H groups in total. The van der Waals surface area contributed by atoms with Gasteiger partial charge in [-0.3, -0.25) is 4.79 Å². The third-order valence-corrected chi connectivity index (χ3v) is 4.01. The summed E-state index contributed by atoms with van der Waals surface area (Å²) in [6, 6.07) is 8.31. The molecule has 1 aliphatic rings. The normalized spacial score (nSPS) is 18.0. The Balaban J connectivity index is 1.76. The molecule has 0 bridgehead atoms. The first kappa shape index (κ1) is 15.8. The van der Waals surface area contributed by atoms with Gasteiger partial charge in [0.2, 0.25) is 5.91 Å². The summed E-state index contributed by atoms with van der Waals surface area (Å²) in [6.45, 7) is 4.07. The molecule has 0 spiro atoms. The van der Waals surface area contributed by atoms with Crippen LogP contribution in [0.5, 0.6) is 5.75 Å². The zero-order valence-electron chi connectivity index (χ0n) is 12.9. The number of carbonyl (C=O) groups excluding carboxylic acids is 1.